The van der Waals surface area contributed by atoms with Crippen LogP contribution < -0.4 is 5.32 Å². The average molecular weight is 512 g/mol. The molecule has 136 valence electrons. The largest absolute Gasteiger partial charge is 0.435 e. The molecule has 1 amide bonds. The molecule has 2 aromatic rings. The molecule has 1 aromatic heterocycles. The first kappa shape index (κ1) is 20.2. The van der Waals surface area contributed by atoms with Crippen LogP contribution in [0.4, 0.5) is 32.0 Å². The number of hydrogen-bond donors (Lipinski definition) is 1. The van der Waals surface area contributed by atoms with Crippen LogP contribution in [-0.4, -0.2) is 10.9 Å². The summed E-state index contributed by atoms with van der Waals surface area (Å²) in [6.45, 7) is 1.31. The molecule has 0 saturated heterocycles. The Morgan fingerprint density at radius 1 is 1.08 bits per heavy atom. The number of hydrogen-bond acceptors (Lipinski definition) is 3. The van der Waals surface area contributed by atoms with Crippen molar-refractivity contribution < 1.29 is 31.1 Å². The first-order valence-corrected chi connectivity index (χ1v) is 8.63. The number of aryl methyl sites for hydroxylation is 1. The van der Waals surface area contributed by atoms with Crippen LogP contribution in [0.1, 0.15) is 25.9 Å². The Bertz CT molecular complexity index is 808. The van der Waals surface area contributed by atoms with Gasteiger partial charge in [0.2, 0.25) is 0 Å². The summed E-state index contributed by atoms with van der Waals surface area (Å²) in [7, 11) is 0. The molecule has 0 saturated carbocycles. The van der Waals surface area contributed by atoms with Gasteiger partial charge in [0.15, 0.2) is 5.69 Å². The molecule has 0 atom stereocenters. The predicted molar refractivity (Wildman–Crippen MR) is 86.7 cm³/mol. The van der Waals surface area contributed by atoms with Crippen LogP contribution in [0.5, 0.6) is 0 Å². The quantitative estimate of drug-likeness (QED) is 0.483. The number of thiazole rings is 1. The molecule has 0 fully saturated rings. The fourth-order valence-electron chi connectivity index (χ4n) is 1.80. The van der Waals surface area contributed by atoms with Crippen LogP contribution >= 0.6 is 43.2 Å². The zero-order valence-corrected chi connectivity index (χ0v) is 15.9. The molecule has 1 aromatic carbocycles. The van der Waals surface area contributed by atoms with Crippen molar-refractivity contribution in [2.24, 2.45) is 0 Å². The summed E-state index contributed by atoms with van der Waals surface area (Å²) in [6.07, 6.45) is -9.45. The number of rotatable bonds is 2. The summed E-state index contributed by atoms with van der Waals surface area (Å²) in [5.41, 5.74) is -2.46. The van der Waals surface area contributed by atoms with Gasteiger partial charge in [-0.15, -0.1) is 11.3 Å². The third kappa shape index (κ3) is 4.53. The minimum atomic E-state index is -4.83. The van der Waals surface area contributed by atoms with Crippen molar-refractivity contribution in [1.82, 2.24) is 4.98 Å². The van der Waals surface area contributed by atoms with Crippen molar-refractivity contribution in [3.8, 4) is 0 Å². The monoisotopic (exact) mass is 510 g/mol. The van der Waals surface area contributed by atoms with Gasteiger partial charge in [0.1, 0.15) is 4.88 Å². The maximum Gasteiger partial charge on any atom is 0.435 e. The van der Waals surface area contributed by atoms with Gasteiger partial charge in [-0.1, -0.05) is 0 Å². The van der Waals surface area contributed by atoms with Gasteiger partial charge in [-0.25, -0.2) is 4.98 Å². The van der Waals surface area contributed by atoms with Gasteiger partial charge in [0, 0.05) is 8.95 Å². The number of nitrogens with one attached hydrogen (secondary N) is 1. The van der Waals surface area contributed by atoms with E-state index in [-0.39, 0.29) is 19.6 Å². The normalized spacial score (nSPS) is 12.4. The van der Waals surface area contributed by atoms with E-state index in [4.69, 9.17) is 0 Å². The number of anilines is 1. The standard InChI is InChI=1S/C13H6Br2F6N2OS/c1-4-22-10(13(19,20)21)9(25-4)11(24)23-8-6(14)2-5(3-7(8)15)12(16,17)18/h2-3H,1H3,(H,23,24). The zero-order valence-electron chi connectivity index (χ0n) is 11.9. The topological polar surface area (TPSA) is 42.0 Å². The van der Waals surface area contributed by atoms with Gasteiger partial charge in [-0.3, -0.25) is 4.79 Å². The summed E-state index contributed by atoms with van der Waals surface area (Å²) < 4.78 is 76.7. The van der Waals surface area contributed by atoms with E-state index in [1.165, 1.54) is 6.92 Å². The lowest BCUT2D eigenvalue weighted by Gasteiger charge is -2.14. The van der Waals surface area contributed by atoms with Crippen molar-refractivity contribution in [2.75, 3.05) is 5.32 Å². The number of alkyl halides is 6. The molecule has 0 bridgehead atoms. The molecule has 12 heteroatoms. The molecule has 1 N–H and O–H groups in total. The van der Waals surface area contributed by atoms with Gasteiger partial charge < -0.3 is 5.32 Å². The van der Waals surface area contributed by atoms with Gasteiger partial charge in [-0.2, -0.15) is 26.3 Å². The molecule has 1 heterocycles. The molecule has 3 nitrogen and oxygen atoms in total. The molecule has 0 radical (unpaired) electrons. The Hall–Kier alpha value is -1.14. The average Bonchev–Trinajstić information content (AvgIpc) is 2.83. The molecule has 25 heavy (non-hydrogen) atoms. The third-order valence-corrected chi connectivity index (χ3v) is 5.04. The van der Waals surface area contributed by atoms with E-state index in [1.807, 2.05) is 0 Å². The van der Waals surface area contributed by atoms with Crippen LogP contribution in [0.15, 0.2) is 21.1 Å². The van der Waals surface area contributed by atoms with E-state index in [1.54, 1.807) is 0 Å². The van der Waals surface area contributed by atoms with E-state index < -0.39 is 34.4 Å². The molecular formula is C13H6Br2F6N2OS. The van der Waals surface area contributed by atoms with Gasteiger partial charge in [0.05, 0.1) is 16.3 Å². The zero-order chi connectivity index (χ0) is 19.2. The lowest BCUT2D eigenvalue weighted by molar-refractivity contribution is -0.141. The molecule has 0 spiro atoms. The van der Waals surface area contributed by atoms with E-state index in [0.717, 1.165) is 0 Å². The van der Waals surface area contributed by atoms with E-state index in [9.17, 15) is 31.1 Å². The maximum absolute atomic E-state index is 12.9. The molecule has 0 unspecified atom stereocenters. The number of carbonyl (C=O) groups excluding carboxylic acids is 1. The summed E-state index contributed by atoms with van der Waals surface area (Å²) >= 11 is 6.29. The number of aromatic nitrogens is 1. The molecule has 0 aliphatic heterocycles. The molecule has 0 aliphatic rings. The lowest BCUT2D eigenvalue weighted by atomic mass is 10.2. The highest BCUT2D eigenvalue weighted by Gasteiger charge is 2.39. The molecular weight excluding hydrogens is 506 g/mol. The number of benzene rings is 1. The third-order valence-electron chi connectivity index (χ3n) is 2.82. The van der Waals surface area contributed by atoms with Crippen molar-refractivity contribution in [2.45, 2.75) is 19.3 Å². The summed E-state index contributed by atoms with van der Waals surface area (Å²) in [5.74, 6) is -1.13. The second kappa shape index (κ2) is 6.88. The number of carbonyl (C=O) groups is 1. The van der Waals surface area contributed by atoms with Crippen LogP contribution in [0.2, 0.25) is 0 Å². The Morgan fingerprint density at radius 3 is 2.04 bits per heavy atom. The van der Waals surface area contributed by atoms with Crippen molar-refractivity contribution >= 4 is 54.8 Å². The van der Waals surface area contributed by atoms with Crippen molar-refractivity contribution in [3.05, 3.63) is 42.2 Å². The number of amides is 1. The van der Waals surface area contributed by atoms with E-state index >= 15 is 0 Å². The maximum atomic E-state index is 12.9. The Balaban J connectivity index is 2.40. The van der Waals surface area contributed by atoms with Crippen molar-refractivity contribution in [3.63, 3.8) is 0 Å². The Kier molecular flexibility index (Phi) is 5.55. The SMILES string of the molecule is Cc1nc(C(F)(F)F)c(C(=O)Nc2c(Br)cc(C(F)(F)F)cc2Br)s1. The van der Waals surface area contributed by atoms with Gasteiger partial charge >= 0.3 is 12.4 Å². The summed E-state index contributed by atoms with van der Waals surface area (Å²) in [6, 6.07) is 1.42. The molecule has 0 aliphatic carbocycles. The Labute approximate surface area is 157 Å². The van der Waals surface area contributed by atoms with Crippen LogP contribution in [0.3, 0.4) is 0 Å². The number of halogens is 8. The minimum Gasteiger partial charge on any atom is -0.319 e. The minimum absolute atomic E-state index is 0.0306. The second-order valence-corrected chi connectivity index (χ2v) is 7.59. The van der Waals surface area contributed by atoms with Crippen LogP contribution in [0.25, 0.3) is 0 Å². The van der Waals surface area contributed by atoms with Crippen LogP contribution in [-0.2, 0) is 12.4 Å². The fraction of sp³-hybridized carbons (Fsp3) is 0.231. The second-order valence-electron chi connectivity index (χ2n) is 4.68. The predicted octanol–water partition coefficient (Wildman–Crippen LogP) is 6.27. The van der Waals surface area contributed by atoms with E-state index in [0.29, 0.717) is 23.5 Å². The highest BCUT2D eigenvalue weighted by molar-refractivity contribution is 9.11. The molecule has 2 rings (SSSR count). The van der Waals surface area contributed by atoms with Gasteiger partial charge in [0.25, 0.3) is 5.91 Å². The Morgan fingerprint density at radius 2 is 1.60 bits per heavy atom. The smallest absolute Gasteiger partial charge is 0.319 e. The number of nitrogens with zero attached hydrogens (tertiary/aromatic N) is 1. The van der Waals surface area contributed by atoms with E-state index in [2.05, 4.69) is 42.2 Å². The highest BCUT2D eigenvalue weighted by Crippen LogP contribution is 2.40. The first-order valence-electron chi connectivity index (χ1n) is 6.23. The summed E-state index contributed by atoms with van der Waals surface area (Å²) in [4.78, 5) is 14.8. The highest BCUT2D eigenvalue weighted by atomic mass is 79.9. The van der Waals surface area contributed by atoms with Gasteiger partial charge in [-0.05, 0) is 50.9 Å². The first-order chi connectivity index (χ1) is 11.3. The lowest BCUT2D eigenvalue weighted by Crippen LogP contribution is -2.18. The fourth-order valence-corrected chi connectivity index (χ4v) is 4.02. The van der Waals surface area contributed by atoms with Crippen LogP contribution in [0, 0.1) is 6.92 Å². The van der Waals surface area contributed by atoms with Crippen molar-refractivity contribution in [1.29, 1.82) is 0 Å². The summed E-state index contributed by atoms with van der Waals surface area (Å²) in [5, 5.41) is 2.20.